The minimum absolute atomic E-state index is 0.814. The highest BCUT2D eigenvalue weighted by atomic mass is 14.5. The van der Waals surface area contributed by atoms with Crippen molar-refractivity contribution >= 4 is 0 Å². The number of rotatable bonds is 0. The van der Waals surface area contributed by atoms with E-state index in [2.05, 4.69) is 19.1 Å². The summed E-state index contributed by atoms with van der Waals surface area (Å²) in [6.45, 7) is 2.30. The van der Waals surface area contributed by atoms with E-state index in [1.54, 1.807) is 5.92 Å². The molecule has 2 aliphatic carbocycles. The Morgan fingerprint density at radius 2 is 2.50 bits per heavy atom. The van der Waals surface area contributed by atoms with E-state index in [1.165, 1.54) is 12.8 Å². The maximum Gasteiger partial charge on any atom is -0.0138 e. The predicted molar refractivity (Wildman–Crippen MR) is 34.3 cm³/mol. The summed E-state index contributed by atoms with van der Waals surface area (Å²) in [7, 11) is 0. The van der Waals surface area contributed by atoms with Gasteiger partial charge in [0.15, 0.2) is 0 Å². The Kier molecular flexibility index (Phi) is 0.787. The van der Waals surface area contributed by atoms with Crippen molar-refractivity contribution in [3.8, 4) is 0 Å². The third kappa shape index (κ3) is 0.521. The van der Waals surface area contributed by atoms with Gasteiger partial charge in [-0.1, -0.05) is 19.1 Å². The van der Waals surface area contributed by atoms with Crippen LogP contribution in [0, 0.1) is 17.8 Å². The second-order valence-corrected chi connectivity index (χ2v) is 2.93. The van der Waals surface area contributed by atoms with Crippen LogP contribution in [0.5, 0.6) is 0 Å². The minimum atomic E-state index is 0.814. The standard InChI is InChI=1S/C8H11/c1-6-3-2-4-7-5-8(6)7/h2-3,6-7H,4-5H2,1H3. The van der Waals surface area contributed by atoms with E-state index in [4.69, 9.17) is 0 Å². The summed E-state index contributed by atoms with van der Waals surface area (Å²) in [5.41, 5.74) is 0. The molecule has 0 saturated heterocycles. The lowest BCUT2D eigenvalue weighted by Gasteiger charge is -2.07. The van der Waals surface area contributed by atoms with Crippen LogP contribution in [0.15, 0.2) is 12.2 Å². The normalized spacial score (nSPS) is 44.1. The molecule has 2 rings (SSSR count). The maximum atomic E-state index is 2.33. The Balaban J connectivity index is 2.13. The van der Waals surface area contributed by atoms with Crippen molar-refractivity contribution in [2.24, 2.45) is 11.8 Å². The number of allylic oxidation sites excluding steroid dienone is 2. The molecule has 0 aromatic heterocycles. The molecular weight excluding hydrogens is 96.1 g/mol. The maximum absolute atomic E-state index is 2.33. The fourth-order valence-corrected chi connectivity index (χ4v) is 1.59. The molecule has 0 heterocycles. The van der Waals surface area contributed by atoms with E-state index >= 15 is 0 Å². The highest BCUT2D eigenvalue weighted by Gasteiger charge is 2.41. The van der Waals surface area contributed by atoms with Crippen LogP contribution in [0.2, 0.25) is 0 Å². The van der Waals surface area contributed by atoms with Crippen LogP contribution < -0.4 is 0 Å². The van der Waals surface area contributed by atoms with Gasteiger partial charge >= 0.3 is 0 Å². The van der Waals surface area contributed by atoms with Crippen molar-refractivity contribution in [2.75, 3.05) is 0 Å². The van der Waals surface area contributed by atoms with E-state index in [9.17, 15) is 0 Å². The molecule has 2 aliphatic rings. The summed E-state index contributed by atoms with van der Waals surface area (Å²) in [4.78, 5) is 0. The molecule has 0 aliphatic heterocycles. The van der Waals surface area contributed by atoms with Crippen molar-refractivity contribution in [3.05, 3.63) is 18.1 Å². The quantitative estimate of drug-likeness (QED) is 0.416. The van der Waals surface area contributed by atoms with Gasteiger partial charge in [0.2, 0.25) is 0 Å². The van der Waals surface area contributed by atoms with Gasteiger partial charge in [-0.3, -0.25) is 0 Å². The van der Waals surface area contributed by atoms with E-state index in [-0.39, 0.29) is 0 Å². The van der Waals surface area contributed by atoms with Crippen molar-refractivity contribution in [2.45, 2.75) is 19.8 Å². The smallest absolute Gasteiger partial charge is 0.0138 e. The van der Waals surface area contributed by atoms with Crippen LogP contribution in [0.25, 0.3) is 0 Å². The lowest BCUT2D eigenvalue weighted by Crippen LogP contribution is -1.96. The average molecular weight is 107 g/mol. The van der Waals surface area contributed by atoms with Crippen LogP contribution in [0.3, 0.4) is 0 Å². The molecule has 0 amide bonds. The zero-order valence-corrected chi connectivity index (χ0v) is 5.22. The van der Waals surface area contributed by atoms with Gasteiger partial charge in [-0.25, -0.2) is 0 Å². The van der Waals surface area contributed by atoms with E-state index in [1.807, 2.05) is 0 Å². The Hall–Kier alpha value is -0.260. The fraction of sp³-hybridized carbons (Fsp3) is 0.625. The molecule has 0 nitrogen and oxygen atoms in total. The summed E-state index contributed by atoms with van der Waals surface area (Å²) >= 11 is 0. The second-order valence-electron chi connectivity index (χ2n) is 2.93. The summed E-state index contributed by atoms with van der Waals surface area (Å²) < 4.78 is 0. The van der Waals surface area contributed by atoms with Crippen molar-refractivity contribution in [1.29, 1.82) is 0 Å². The monoisotopic (exact) mass is 107 g/mol. The average Bonchev–Trinajstić information content (AvgIpc) is 2.45. The molecule has 1 fully saturated rings. The third-order valence-electron chi connectivity index (χ3n) is 2.28. The molecule has 2 atom stereocenters. The molecule has 0 heteroatoms. The van der Waals surface area contributed by atoms with Crippen molar-refractivity contribution in [1.82, 2.24) is 0 Å². The van der Waals surface area contributed by atoms with Gasteiger partial charge in [0.05, 0.1) is 0 Å². The first kappa shape index (κ1) is 4.60. The summed E-state index contributed by atoms with van der Waals surface area (Å²) in [5.74, 6) is 3.62. The Morgan fingerprint density at radius 3 is 3.12 bits per heavy atom. The van der Waals surface area contributed by atoms with Crippen LogP contribution in [0.1, 0.15) is 19.8 Å². The van der Waals surface area contributed by atoms with Gasteiger partial charge in [-0.2, -0.15) is 0 Å². The Labute approximate surface area is 50.6 Å². The van der Waals surface area contributed by atoms with Crippen molar-refractivity contribution in [3.63, 3.8) is 0 Å². The largest absolute Gasteiger partial charge is 0.0880 e. The van der Waals surface area contributed by atoms with Crippen LogP contribution in [0.4, 0.5) is 0 Å². The highest BCUT2D eigenvalue weighted by molar-refractivity contribution is 5.25. The molecule has 2 unspecified atom stereocenters. The Bertz CT molecular complexity index is 124. The zero-order chi connectivity index (χ0) is 5.56. The van der Waals surface area contributed by atoms with Gasteiger partial charge in [0.1, 0.15) is 0 Å². The molecule has 8 heavy (non-hydrogen) atoms. The third-order valence-corrected chi connectivity index (χ3v) is 2.28. The number of hydrogen-bond donors (Lipinski definition) is 0. The number of hydrogen-bond acceptors (Lipinski definition) is 0. The molecule has 1 saturated carbocycles. The number of fused-ring (bicyclic) bond motifs is 1. The summed E-state index contributed by atoms with van der Waals surface area (Å²) in [5, 5.41) is 0. The van der Waals surface area contributed by atoms with Gasteiger partial charge in [0.25, 0.3) is 0 Å². The van der Waals surface area contributed by atoms with Gasteiger partial charge < -0.3 is 0 Å². The molecule has 1 radical (unpaired) electrons. The lowest BCUT2D eigenvalue weighted by atomic mass is 9.98. The fourth-order valence-electron chi connectivity index (χ4n) is 1.59. The highest BCUT2D eigenvalue weighted by Crippen LogP contribution is 2.51. The summed E-state index contributed by atoms with van der Waals surface area (Å²) in [6, 6.07) is 0. The molecule has 43 valence electrons. The van der Waals surface area contributed by atoms with Gasteiger partial charge in [-0.15, -0.1) is 0 Å². The molecule has 0 spiro atoms. The van der Waals surface area contributed by atoms with Crippen LogP contribution in [-0.4, -0.2) is 0 Å². The molecule has 0 N–H and O–H groups in total. The first-order valence-corrected chi connectivity index (χ1v) is 3.40. The Morgan fingerprint density at radius 1 is 1.62 bits per heavy atom. The summed E-state index contributed by atoms with van der Waals surface area (Å²) in [6.07, 6.45) is 7.42. The van der Waals surface area contributed by atoms with Crippen LogP contribution >= 0.6 is 0 Å². The topological polar surface area (TPSA) is 0 Å². The minimum Gasteiger partial charge on any atom is -0.0880 e. The SMILES string of the molecule is CC1C=CCC2C[C]12. The first-order chi connectivity index (χ1) is 3.88. The molecule has 0 aromatic rings. The van der Waals surface area contributed by atoms with E-state index < -0.39 is 0 Å². The van der Waals surface area contributed by atoms with Crippen LogP contribution in [-0.2, 0) is 0 Å². The van der Waals surface area contributed by atoms with E-state index in [0.717, 1.165) is 11.8 Å². The second kappa shape index (κ2) is 1.37. The van der Waals surface area contributed by atoms with Gasteiger partial charge in [-0.05, 0) is 30.6 Å². The molecular formula is C8H11. The molecule has 0 bridgehead atoms. The van der Waals surface area contributed by atoms with E-state index in [0.29, 0.717) is 0 Å². The van der Waals surface area contributed by atoms with Crippen molar-refractivity contribution < 1.29 is 0 Å². The molecule has 0 aromatic carbocycles. The zero-order valence-electron chi connectivity index (χ0n) is 5.22. The first-order valence-electron chi connectivity index (χ1n) is 3.40. The lowest BCUT2D eigenvalue weighted by molar-refractivity contribution is 0.721. The predicted octanol–water partition coefficient (Wildman–Crippen LogP) is 2.18. The van der Waals surface area contributed by atoms with Gasteiger partial charge in [0, 0.05) is 0 Å².